The molecule has 14 heteroatoms. The average molecular weight is 615 g/mol. The molecule has 2 saturated heterocycles. The third-order valence-electron chi connectivity index (χ3n) is 8.09. The standard InChI is InChI=1S/C30H46N8O6/c1-18(2)24(36-25(39)20(31)17-19-9-4-3-5-10-19)28(42)38-16-8-13-23(38)27(41)37-15-7-12-22(37)26(40)35-21(29(43)44)11-6-14-34-30(32)33/h3-5,9-10,18,20-24H,6-8,11-17,31H2,1-2H3,(H,35,40)(H,36,39)(H,43,44)(H4,32,33,34)/t20-,21-,22-,23-,24-/m0/s1. The van der Waals surface area contributed by atoms with Crippen molar-refractivity contribution in [3.63, 3.8) is 0 Å². The second-order valence-corrected chi connectivity index (χ2v) is 11.8. The lowest BCUT2D eigenvalue weighted by molar-refractivity contribution is -0.149. The number of carbonyl (C=O) groups is 5. The first-order chi connectivity index (χ1) is 20.9. The number of rotatable bonds is 14. The number of aliphatic imine (C=N–C) groups is 1. The number of hydrogen-bond donors (Lipinski definition) is 6. The van der Waals surface area contributed by atoms with Crippen molar-refractivity contribution in [2.24, 2.45) is 28.1 Å². The van der Waals surface area contributed by atoms with Gasteiger partial charge in [0.1, 0.15) is 24.2 Å². The lowest BCUT2D eigenvalue weighted by atomic mass is 10.00. The molecule has 2 aliphatic heterocycles. The lowest BCUT2D eigenvalue weighted by Crippen LogP contribution is -2.59. The Morgan fingerprint density at radius 1 is 0.977 bits per heavy atom. The van der Waals surface area contributed by atoms with E-state index in [-0.39, 0.29) is 36.7 Å². The van der Waals surface area contributed by atoms with Crippen LogP contribution in [0.4, 0.5) is 0 Å². The predicted octanol–water partition coefficient (Wildman–Crippen LogP) is -0.698. The fraction of sp³-hybridized carbons (Fsp3) is 0.600. The molecule has 3 rings (SSSR count). The Balaban J connectivity index is 1.65. The highest BCUT2D eigenvalue weighted by molar-refractivity contribution is 5.96. The molecule has 9 N–H and O–H groups in total. The minimum absolute atomic E-state index is 0.103. The van der Waals surface area contributed by atoms with Crippen LogP contribution in [0.25, 0.3) is 0 Å². The predicted molar refractivity (Wildman–Crippen MR) is 164 cm³/mol. The van der Waals surface area contributed by atoms with Crippen molar-refractivity contribution in [2.45, 2.75) is 89.0 Å². The Bertz CT molecular complexity index is 1210. The monoisotopic (exact) mass is 614 g/mol. The van der Waals surface area contributed by atoms with E-state index in [1.165, 1.54) is 9.80 Å². The quantitative estimate of drug-likeness (QED) is 0.0883. The molecule has 0 bridgehead atoms. The first kappa shape index (κ1) is 34.3. The number of guanidine groups is 1. The molecular formula is C30H46N8O6. The van der Waals surface area contributed by atoms with E-state index in [2.05, 4.69) is 15.6 Å². The number of benzene rings is 1. The van der Waals surface area contributed by atoms with Gasteiger partial charge in [0, 0.05) is 19.6 Å². The first-order valence-corrected chi connectivity index (χ1v) is 15.2. The zero-order valence-electron chi connectivity index (χ0n) is 25.5. The van der Waals surface area contributed by atoms with Gasteiger partial charge in [0.05, 0.1) is 6.04 Å². The maximum Gasteiger partial charge on any atom is 0.326 e. The number of nitrogens with zero attached hydrogens (tertiary/aromatic N) is 3. The van der Waals surface area contributed by atoms with Crippen LogP contribution in [0.2, 0.25) is 0 Å². The minimum Gasteiger partial charge on any atom is -0.480 e. The molecule has 2 heterocycles. The van der Waals surface area contributed by atoms with Crippen molar-refractivity contribution in [3.8, 4) is 0 Å². The number of carboxylic acids is 1. The molecule has 0 saturated carbocycles. The molecular weight excluding hydrogens is 568 g/mol. The summed E-state index contributed by atoms with van der Waals surface area (Å²) in [5, 5.41) is 15.0. The van der Waals surface area contributed by atoms with Gasteiger partial charge in [0.25, 0.3) is 0 Å². The second-order valence-electron chi connectivity index (χ2n) is 11.8. The van der Waals surface area contributed by atoms with Gasteiger partial charge in [-0.15, -0.1) is 0 Å². The van der Waals surface area contributed by atoms with Gasteiger partial charge in [0.2, 0.25) is 23.6 Å². The summed E-state index contributed by atoms with van der Waals surface area (Å²) in [6, 6.07) is 4.81. The van der Waals surface area contributed by atoms with Crippen molar-refractivity contribution in [3.05, 3.63) is 35.9 Å². The molecule has 0 spiro atoms. The Hall–Kier alpha value is -4.20. The summed E-state index contributed by atoms with van der Waals surface area (Å²) in [6.07, 6.45) is 2.72. The van der Waals surface area contributed by atoms with E-state index in [4.69, 9.17) is 17.2 Å². The normalized spacial score (nSPS) is 20.1. The van der Waals surface area contributed by atoms with E-state index in [1.807, 2.05) is 44.2 Å². The van der Waals surface area contributed by atoms with Gasteiger partial charge in [-0.2, -0.15) is 0 Å². The summed E-state index contributed by atoms with van der Waals surface area (Å²) >= 11 is 0. The van der Waals surface area contributed by atoms with E-state index in [0.29, 0.717) is 51.6 Å². The molecule has 2 aliphatic rings. The molecule has 4 amide bonds. The number of amides is 4. The maximum absolute atomic E-state index is 13.8. The van der Waals surface area contributed by atoms with E-state index in [0.717, 1.165) is 5.56 Å². The Morgan fingerprint density at radius 2 is 1.61 bits per heavy atom. The molecule has 242 valence electrons. The number of carboxylic acid groups (broad SMARTS) is 1. The summed E-state index contributed by atoms with van der Waals surface area (Å²) < 4.78 is 0. The number of nitrogens with two attached hydrogens (primary N) is 3. The van der Waals surface area contributed by atoms with Crippen LogP contribution in [0, 0.1) is 5.92 Å². The summed E-state index contributed by atoms with van der Waals surface area (Å²) in [4.78, 5) is 72.3. The molecule has 44 heavy (non-hydrogen) atoms. The third-order valence-corrected chi connectivity index (χ3v) is 8.09. The molecule has 0 aliphatic carbocycles. The molecule has 2 fully saturated rings. The van der Waals surface area contributed by atoms with Crippen molar-refractivity contribution in [1.82, 2.24) is 20.4 Å². The first-order valence-electron chi connectivity index (χ1n) is 15.2. The maximum atomic E-state index is 13.8. The fourth-order valence-electron chi connectivity index (χ4n) is 5.72. The van der Waals surface area contributed by atoms with Gasteiger partial charge >= 0.3 is 5.97 Å². The van der Waals surface area contributed by atoms with Crippen LogP contribution in [0.15, 0.2) is 35.3 Å². The number of likely N-dealkylation sites (tertiary alicyclic amines) is 2. The lowest BCUT2D eigenvalue weighted by Gasteiger charge is -2.34. The molecule has 1 aromatic rings. The van der Waals surface area contributed by atoms with Gasteiger partial charge in [-0.05, 0) is 56.4 Å². The molecule has 0 aromatic heterocycles. The SMILES string of the molecule is CC(C)[C@H](NC(=O)[C@@H](N)Cc1ccccc1)C(=O)N1CCC[C@H]1C(=O)N1CCC[C@H]1C(=O)N[C@@H](CCCN=C(N)N)C(=O)O. The van der Waals surface area contributed by atoms with Gasteiger partial charge in [0.15, 0.2) is 5.96 Å². The number of nitrogens with one attached hydrogen (secondary N) is 2. The molecule has 14 nitrogen and oxygen atoms in total. The van der Waals surface area contributed by atoms with E-state index in [9.17, 15) is 29.1 Å². The average Bonchev–Trinajstić information content (AvgIpc) is 3.67. The van der Waals surface area contributed by atoms with Crippen molar-refractivity contribution in [1.29, 1.82) is 0 Å². The van der Waals surface area contributed by atoms with Crippen LogP contribution in [0.5, 0.6) is 0 Å². The highest BCUT2D eigenvalue weighted by Gasteiger charge is 2.44. The van der Waals surface area contributed by atoms with Crippen LogP contribution in [0.1, 0.15) is 57.9 Å². The number of carbonyl (C=O) groups excluding carboxylic acids is 4. The zero-order valence-corrected chi connectivity index (χ0v) is 25.5. The van der Waals surface area contributed by atoms with Crippen molar-refractivity contribution >= 4 is 35.6 Å². The molecule has 1 aromatic carbocycles. The van der Waals surface area contributed by atoms with Crippen LogP contribution >= 0.6 is 0 Å². The summed E-state index contributed by atoms with van der Waals surface area (Å²) in [6.45, 7) is 4.51. The van der Waals surface area contributed by atoms with Gasteiger partial charge in [-0.1, -0.05) is 44.2 Å². The number of hydrogen-bond acceptors (Lipinski definition) is 7. The summed E-state index contributed by atoms with van der Waals surface area (Å²) in [5.74, 6) is -3.31. The second kappa shape index (κ2) is 16.0. The van der Waals surface area contributed by atoms with Crippen molar-refractivity contribution < 1.29 is 29.1 Å². The van der Waals surface area contributed by atoms with Crippen molar-refractivity contribution in [2.75, 3.05) is 19.6 Å². The highest BCUT2D eigenvalue weighted by atomic mass is 16.4. The topological polar surface area (TPSA) is 227 Å². The summed E-state index contributed by atoms with van der Waals surface area (Å²) in [7, 11) is 0. The molecule has 5 atom stereocenters. The number of aliphatic carboxylic acids is 1. The van der Waals surface area contributed by atoms with Crippen LogP contribution in [-0.4, -0.2) is 100 Å². The van der Waals surface area contributed by atoms with E-state index < -0.39 is 48.0 Å². The Kier molecular flexibility index (Phi) is 12.5. The molecule has 0 unspecified atom stereocenters. The van der Waals surface area contributed by atoms with E-state index >= 15 is 0 Å². The van der Waals surface area contributed by atoms with Crippen LogP contribution in [0.3, 0.4) is 0 Å². The van der Waals surface area contributed by atoms with E-state index in [1.54, 1.807) is 0 Å². The zero-order chi connectivity index (χ0) is 32.4. The minimum atomic E-state index is -1.20. The summed E-state index contributed by atoms with van der Waals surface area (Å²) in [5.41, 5.74) is 17.7. The van der Waals surface area contributed by atoms with Gasteiger partial charge in [-0.3, -0.25) is 24.2 Å². The van der Waals surface area contributed by atoms with Crippen LogP contribution < -0.4 is 27.8 Å². The highest BCUT2D eigenvalue weighted by Crippen LogP contribution is 2.26. The third kappa shape index (κ3) is 9.15. The van der Waals surface area contributed by atoms with Gasteiger partial charge in [-0.25, -0.2) is 4.79 Å². The van der Waals surface area contributed by atoms with Crippen LogP contribution in [-0.2, 0) is 30.4 Å². The fourth-order valence-corrected chi connectivity index (χ4v) is 5.72. The smallest absolute Gasteiger partial charge is 0.326 e. The Labute approximate surface area is 257 Å². The molecule has 0 radical (unpaired) electrons. The van der Waals surface area contributed by atoms with Gasteiger partial charge < -0.3 is 42.7 Å². The Morgan fingerprint density at radius 3 is 2.23 bits per heavy atom. The largest absolute Gasteiger partial charge is 0.480 e.